The molecule has 0 atom stereocenters. The summed E-state index contributed by atoms with van der Waals surface area (Å²) in [5.74, 6) is -1.62. The first kappa shape index (κ1) is 17.0. The van der Waals surface area contributed by atoms with E-state index in [1.807, 2.05) is 13.0 Å². The molecule has 2 amide bonds. The van der Waals surface area contributed by atoms with Crippen LogP contribution in [0.5, 0.6) is 5.75 Å². The molecule has 3 rings (SSSR count). The second kappa shape index (κ2) is 6.94. The quantitative estimate of drug-likeness (QED) is 0.767. The van der Waals surface area contributed by atoms with Gasteiger partial charge in [0.2, 0.25) is 0 Å². The number of amides is 2. The summed E-state index contributed by atoms with van der Waals surface area (Å²) < 4.78 is 5.42. The van der Waals surface area contributed by atoms with E-state index in [2.05, 4.69) is 0 Å². The molecule has 0 unspecified atom stereocenters. The van der Waals surface area contributed by atoms with Crippen LogP contribution in [-0.2, 0) is 9.63 Å². The number of rotatable bonds is 5. The highest BCUT2D eigenvalue weighted by Gasteiger charge is 2.38. The van der Waals surface area contributed by atoms with Crippen LogP contribution in [-0.4, -0.2) is 29.5 Å². The summed E-state index contributed by atoms with van der Waals surface area (Å²) >= 11 is 6.03. The average molecular weight is 360 g/mol. The molecule has 0 bridgehead atoms. The van der Waals surface area contributed by atoms with Crippen molar-refractivity contribution in [3.8, 4) is 5.75 Å². The molecule has 0 saturated carbocycles. The van der Waals surface area contributed by atoms with E-state index in [-0.39, 0.29) is 24.2 Å². The van der Waals surface area contributed by atoms with Crippen molar-refractivity contribution in [3.05, 3.63) is 64.2 Å². The summed E-state index contributed by atoms with van der Waals surface area (Å²) in [6.45, 7) is 1.90. The number of hydroxylamine groups is 2. The Morgan fingerprint density at radius 3 is 2.32 bits per heavy atom. The number of hydrogen-bond acceptors (Lipinski definition) is 5. The van der Waals surface area contributed by atoms with Gasteiger partial charge in [0, 0.05) is 0 Å². The minimum Gasteiger partial charge on any atom is -0.491 e. The van der Waals surface area contributed by atoms with Gasteiger partial charge in [-0.1, -0.05) is 34.9 Å². The Morgan fingerprint density at radius 2 is 1.72 bits per heavy atom. The fourth-order valence-electron chi connectivity index (χ4n) is 2.36. The number of benzene rings is 2. The molecule has 6 nitrogen and oxygen atoms in total. The van der Waals surface area contributed by atoms with Gasteiger partial charge < -0.3 is 9.57 Å². The van der Waals surface area contributed by atoms with Gasteiger partial charge >= 0.3 is 5.97 Å². The smallest absolute Gasteiger partial charge is 0.336 e. The molecular formula is C18H14ClNO5. The third kappa shape index (κ3) is 3.49. The third-order valence-corrected chi connectivity index (χ3v) is 3.90. The van der Waals surface area contributed by atoms with Gasteiger partial charge in [0.1, 0.15) is 5.75 Å². The maximum absolute atomic E-state index is 12.1. The molecule has 0 fully saturated rings. The van der Waals surface area contributed by atoms with Crippen molar-refractivity contribution in [1.29, 1.82) is 0 Å². The van der Waals surface area contributed by atoms with E-state index in [1.54, 1.807) is 24.3 Å². The van der Waals surface area contributed by atoms with E-state index in [9.17, 15) is 14.4 Å². The van der Waals surface area contributed by atoms with E-state index in [0.29, 0.717) is 15.8 Å². The molecule has 7 heteroatoms. The molecule has 0 N–H and O–H groups in total. The summed E-state index contributed by atoms with van der Waals surface area (Å²) in [6, 6.07) is 11.6. The monoisotopic (exact) mass is 359 g/mol. The minimum atomic E-state index is -0.752. The van der Waals surface area contributed by atoms with Crippen LogP contribution in [0.1, 0.15) is 32.7 Å². The molecule has 0 aliphatic carbocycles. The van der Waals surface area contributed by atoms with E-state index in [0.717, 1.165) is 5.56 Å². The summed E-state index contributed by atoms with van der Waals surface area (Å²) in [4.78, 5) is 41.0. The molecule has 2 aromatic rings. The van der Waals surface area contributed by atoms with Crippen molar-refractivity contribution in [2.75, 3.05) is 6.61 Å². The molecule has 25 heavy (non-hydrogen) atoms. The van der Waals surface area contributed by atoms with Gasteiger partial charge in [0.05, 0.1) is 29.2 Å². The maximum Gasteiger partial charge on any atom is 0.336 e. The van der Waals surface area contributed by atoms with Gasteiger partial charge in [-0.3, -0.25) is 9.59 Å². The van der Waals surface area contributed by atoms with Crippen LogP contribution in [0.3, 0.4) is 0 Å². The number of carbonyl (C=O) groups is 3. The first-order valence-corrected chi connectivity index (χ1v) is 7.92. The summed E-state index contributed by atoms with van der Waals surface area (Å²) in [5, 5.41) is 0.917. The lowest BCUT2D eigenvalue weighted by molar-refractivity contribution is -0.169. The van der Waals surface area contributed by atoms with Crippen LogP contribution in [0.15, 0.2) is 42.5 Å². The standard InChI is InChI=1S/C18H14ClNO5/c1-11-6-7-15(14(19)10-11)24-9-8-16(21)25-20-17(22)12-4-2-3-5-13(12)18(20)23/h2-7,10H,8-9H2,1H3. The van der Waals surface area contributed by atoms with Gasteiger partial charge in [-0.15, -0.1) is 0 Å². The lowest BCUT2D eigenvalue weighted by atomic mass is 10.1. The third-order valence-electron chi connectivity index (χ3n) is 3.60. The molecule has 1 aliphatic heterocycles. The summed E-state index contributed by atoms with van der Waals surface area (Å²) in [5.41, 5.74) is 1.41. The summed E-state index contributed by atoms with van der Waals surface area (Å²) in [6.07, 6.45) is -0.141. The number of aryl methyl sites for hydroxylation is 1. The molecule has 0 saturated heterocycles. The Balaban J connectivity index is 1.55. The number of imide groups is 1. The van der Waals surface area contributed by atoms with Gasteiger partial charge in [0.25, 0.3) is 11.8 Å². The maximum atomic E-state index is 12.1. The zero-order valence-corrected chi connectivity index (χ0v) is 14.1. The van der Waals surface area contributed by atoms with E-state index < -0.39 is 17.8 Å². The molecule has 1 aliphatic rings. The van der Waals surface area contributed by atoms with Gasteiger partial charge in [-0.25, -0.2) is 4.79 Å². The Kier molecular flexibility index (Phi) is 4.72. The number of ether oxygens (including phenoxy) is 1. The number of halogens is 1. The van der Waals surface area contributed by atoms with Gasteiger partial charge in [0.15, 0.2) is 0 Å². The average Bonchev–Trinajstić information content (AvgIpc) is 2.82. The Labute approximate surface area is 148 Å². The fraction of sp³-hybridized carbons (Fsp3) is 0.167. The highest BCUT2D eigenvalue weighted by molar-refractivity contribution is 6.32. The molecular weight excluding hydrogens is 346 g/mol. The molecule has 128 valence electrons. The highest BCUT2D eigenvalue weighted by Crippen LogP contribution is 2.25. The van der Waals surface area contributed by atoms with E-state index in [1.165, 1.54) is 12.1 Å². The molecule has 1 heterocycles. The fourth-order valence-corrected chi connectivity index (χ4v) is 2.65. The van der Waals surface area contributed by atoms with Crippen LogP contribution in [0.4, 0.5) is 0 Å². The van der Waals surface area contributed by atoms with Crippen LogP contribution in [0.25, 0.3) is 0 Å². The highest BCUT2D eigenvalue weighted by atomic mass is 35.5. The molecule has 2 aromatic carbocycles. The predicted molar refractivity (Wildman–Crippen MR) is 89.3 cm³/mol. The molecule has 0 radical (unpaired) electrons. The van der Waals surface area contributed by atoms with Crippen LogP contribution in [0, 0.1) is 6.92 Å². The van der Waals surface area contributed by atoms with Crippen LogP contribution >= 0.6 is 11.6 Å². The Morgan fingerprint density at radius 1 is 1.08 bits per heavy atom. The second-order valence-corrected chi connectivity index (χ2v) is 5.85. The topological polar surface area (TPSA) is 72.9 Å². The largest absolute Gasteiger partial charge is 0.491 e. The SMILES string of the molecule is Cc1ccc(OCCC(=O)ON2C(=O)c3ccccc3C2=O)c(Cl)c1. The number of nitrogens with zero attached hydrogens (tertiary/aromatic N) is 1. The van der Waals surface area contributed by atoms with Crippen molar-refractivity contribution in [1.82, 2.24) is 5.06 Å². The van der Waals surface area contributed by atoms with Gasteiger partial charge in [-0.05, 0) is 36.8 Å². The van der Waals surface area contributed by atoms with Crippen molar-refractivity contribution >= 4 is 29.4 Å². The van der Waals surface area contributed by atoms with Gasteiger partial charge in [-0.2, -0.15) is 0 Å². The first-order valence-electron chi connectivity index (χ1n) is 7.55. The van der Waals surface area contributed by atoms with Crippen molar-refractivity contribution in [3.63, 3.8) is 0 Å². The summed E-state index contributed by atoms with van der Waals surface area (Å²) in [7, 11) is 0. The zero-order valence-electron chi connectivity index (χ0n) is 13.3. The minimum absolute atomic E-state index is 0.00475. The van der Waals surface area contributed by atoms with Crippen molar-refractivity contribution in [2.45, 2.75) is 13.3 Å². The predicted octanol–water partition coefficient (Wildman–Crippen LogP) is 3.17. The number of fused-ring (bicyclic) bond motifs is 1. The van der Waals surface area contributed by atoms with Crippen LogP contribution in [0.2, 0.25) is 5.02 Å². The lowest BCUT2D eigenvalue weighted by Crippen LogP contribution is -2.33. The van der Waals surface area contributed by atoms with Crippen LogP contribution < -0.4 is 4.74 Å². The Hall–Kier alpha value is -2.86. The van der Waals surface area contributed by atoms with E-state index in [4.69, 9.17) is 21.2 Å². The van der Waals surface area contributed by atoms with Crippen molar-refractivity contribution in [2.24, 2.45) is 0 Å². The molecule has 0 spiro atoms. The first-order chi connectivity index (χ1) is 12.0. The second-order valence-electron chi connectivity index (χ2n) is 5.45. The normalized spacial score (nSPS) is 13.0. The number of hydrogen-bond donors (Lipinski definition) is 0. The lowest BCUT2D eigenvalue weighted by Gasteiger charge is -2.13. The van der Waals surface area contributed by atoms with E-state index >= 15 is 0 Å². The molecule has 0 aromatic heterocycles. The zero-order chi connectivity index (χ0) is 18.0. The number of carbonyl (C=O) groups excluding carboxylic acids is 3. The Bertz CT molecular complexity index is 829. The van der Waals surface area contributed by atoms with Crippen molar-refractivity contribution < 1.29 is 24.0 Å².